The highest BCUT2D eigenvalue weighted by Gasteiger charge is 2.34. The second-order valence-corrected chi connectivity index (χ2v) is 13.2. The van der Waals surface area contributed by atoms with Gasteiger partial charge in [0.15, 0.2) is 5.82 Å². The fourth-order valence-electron chi connectivity index (χ4n) is 6.71. The van der Waals surface area contributed by atoms with Gasteiger partial charge < -0.3 is 21.3 Å². The molecule has 13 heteroatoms. The highest BCUT2D eigenvalue weighted by atomic mass is 19.4. The summed E-state index contributed by atoms with van der Waals surface area (Å²) < 4.78 is 43.9. The third-order valence-electron chi connectivity index (χ3n) is 9.53. The monoisotopic (exact) mass is 663 g/mol. The number of anilines is 2. The summed E-state index contributed by atoms with van der Waals surface area (Å²) in [7, 11) is 3.79. The lowest BCUT2D eigenvalue weighted by atomic mass is 9.92. The first-order valence-corrected chi connectivity index (χ1v) is 16.7. The van der Waals surface area contributed by atoms with Crippen molar-refractivity contribution in [1.29, 1.82) is 0 Å². The Bertz CT molecular complexity index is 1760. The number of likely N-dealkylation sites (N-methyl/N-ethyl adjacent to an activating group) is 1. The number of halogens is 3. The number of carbonyl (C=O) groups excluding carboxylic acids is 1. The minimum atomic E-state index is -4.52. The lowest BCUT2D eigenvalue weighted by molar-refractivity contribution is -0.138. The standard InChI is InChI=1S/C35H44F3N9O/c1-4-23-17-25(18-26-20-40-34(43-33(23)26)41-28-9-7-27(39)8-10-28)30-19-31(44-46(30)3)42-32(48)16-22-5-6-24(29(15-22)35(36,37)38)21-47-13-11-45(2)12-14-47/h5-6,15,17-20,27-28H,4,7-14,16,21,39H2,1-3H3,(H,40,41,43)(H,42,44,48)/t27-,28-. The minimum Gasteiger partial charge on any atom is -0.351 e. The van der Waals surface area contributed by atoms with E-state index in [9.17, 15) is 18.0 Å². The second kappa shape index (κ2) is 14.2. The predicted molar refractivity (Wildman–Crippen MR) is 182 cm³/mol. The Labute approximate surface area is 278 Å². The molecule has 2 aromatic heterocycles. The molecule has 48 heavy (non-hydrogen) atoms. The van der Waals surface area contributed by atoms with Crippen molar-refractivity contribution in [2.24, 2.45) is 12.8 Å². The molecule has 1 aliphatic heterocycles. The van der Waals surface area contributed by atoms with Gasteiger partial charge in [-0.15, -0.1) is 0 Å². The first-order chi connectivity index (χ1) is 22.9. The van der Waals surface area contributed by atoms with Crippen LogP contribution in [0.2, 0.25) is 0 Å². The molecule has 2 aromatic carbocycles. The number of nitrogens with one attached hydrogen (secondary N) is 2. The third-order valence-corrected chi connectivity index (χ3v) is 9.53. The van der Waals surface area contributed by atoms with Crippen molar-refractivity contribution in [1.82, 2.24) is 29.5 Å². The predicted octanol–water partition coefficient (Wildman–Crippen LogP) is 5.22. The topological polar surface area (TPSA) is 117 Å². The number of hydrogen-bond acceptors (Lipinski definition) is 8. The number of carbonyl (C=O) groups is 1. The molecule has 1 aliphatic carbocycles. The zero-order valence-corrected chi connectivity index (χ0v) is 27.8. The van der Waals surface area contributed by atoms with Crippen LogP contribution in [-0.4, -0.2) is 80.8 Å². The van der Waals surface area contributed by atoms with Gasteiger partial charge in [0.25, 0.3) is 0 Å². The molecule has 0 spiro atoms. The van der Waals surface area contributed by atoms with E-state index in [1.165, 1.54) is 6.07 Å². The summed E-state index contributed by atoms with van der Waals surface area (Å²) in [5.41, 5.74) is 9.49. The number of aryl methyl sites for hydroxylation is 2. The smallest absolute Gasteiger partial charge is 0.351 e. The number of alkyl halides is 3. The van der Waals surface area contributed by atoms with E-state index in [2.05, 4.69) is 38.6 Å². The summed E-state index contributed by atoms with van der Waals surface area (Å²) in [5, 5.41) is 11.6. The van der Waals surface area contributed by atoms with Crippen molar-refractivity contribution < 1.29 is 18.0 Å². The van der Waals surface area contributed by atoms with E-state index < -0.39 is 17.6 Å². The number of benzene rings is 2. The van der Waals surface area contributed by atoms with Gasteiger partial charge >= 0.3 is 6.18 Å². The molecule has 2 fully saturated rings. The Morgan fingerprint density at radius 2 is 1.75 bits per heavy atom. The summed E-state index contributed by atoms with van der Waals surface area (Å²) in [4.78, 5) is 26.7. The maximum atomic E-state index is 14.1. The zero-order chi connectivity index (χ0) is 34.0. The molecule has 1 saturated heterocycles. The Balaban J connectivity index is 1.15. The van der Waals surface area contributed by atoms with Crippen molar-refractivity contribution in [2.75, 3.05) is 43.9 Å². The van der Waals surface area contributed by atoms with Crippen molar-refractivity contribution >= 4 is 28.6 Å². The summed E-state index contributed by atoms with van der Waals surface area (Å²) in [6, 6.07) is 10.6. The van der Waals surface area contributed by atoms with Gasteiger partial charge in [-0.05, 0) is 74.0 Å². The number of hydrogen-bond donors (Lipinski definition) is 3. The molecular weight excluding hydrogens is 619 g/mol. The van der Waals surface area contributed by atoms with Crippen LogP contribution in [0.4, 0.5) is 24.9 Å². The molecule has 256 valence electrons. The molecule has 4 aromatic rings. The highest BCUT2D eigenvalue weighted by Crippen LogP contribution is 2.34. The van der Waals surface area contributed by atoms with Crippen LogP contribution < -0.4 is 16.4 Å². The quantitative estimate of drug-likeness (QED) is 0.223. The van der Waals surface area contributed by atoms with E-state index in [0.29, 0.717) is 36.5 Å². The van der Waals surface area contributed by atoms with Gasteiger partial charge in [-0.2, -0.15) is 18.3 Å². The lowest BCUT2D eigenvalue weighted by Gasteiger charge is -2.33. The van der Waals surface area contributed by atoms with Gasteiger partial charge in [-0.25, -0.2) is 9.97 Å². The molecule has 6 rings (SSSR count). The van der Waals surface area contributed by atoms with Crippen molar-refractivity contribution in [3.63, 3.8) is 0 Å². The average Bonchev–Trinajstić information content (AvgIpc) is 3.42. The van der Waals surface area contributed by atoms with E-state index in [0.717, 1.165) is 79.0 Å². The van der Waals surface area contributed by atoms with E-state index in [1.807, 2.05) is 24.2 Å². The van der Waals surface area contributed by atoms with Gasteiger partial charge in [0.1, 0.15) is 0 Å². The Hall–Kier alpha value is -4.07. The van der Waals surface area contributed by atoms with E-state index in [1.54, 1.807) is 23.9 Å². The van der Waals surface area contributed by atoms with Crippen LogP contribution in [0.3, 0.4) is 0 Å². The van der Waals surface area contributed by atoms with E-state index >= 15 is 0 Å². The number of amides is 1. The van der Waals surface area contributed by atoms with E-state index in [-0.39, 0.29) is 24.6 Å². The van der Waals surface area contributed by atoms with Crippen LogP contribution in [0, 0.1) is 0 Å². The van der Waals surface area contributed by atoms with Crippen LogP contribution in [0.5, 0.6) is 0 Å². The minimum absolute atomic E-state index is 0.207. The fourth-order valence-corrected chi connectivity index (χ4v) is 6.71. The Kier molecular flexibility index (Phi) is 10.00. The summed E-state index contributed by atoms with van der Waals surface area (Å²) >= 11 is 0. The highest BCUT2D eigenvalue weighted by molar-refractivity contribution is 5.92. The summed E-state index contributed by atoms with van der Waals surface area (Å²) in [6.07, 6.45) is 1.84. The largest absolute Gasteiger partial charge is 0.416 e. The van der Waals surface area contributed by atoms with Crippen molar-refractivity contribution in [2.45, 2.75) is 70.3 Å². The van der Waals surface area contributed by atoms with Crippen LogP contribution >= 0.6 is 0 Å². The molecule has 1 amide bonds. The summed E-state index contributed by atoms with van der Waals surface area (Å²) in [6.45, 7) is 5.37. The molecule has 1 saturated carbocycles. The van der Waals surface area contributed by atoms with Crippen LogP contribution in [0.15, 0.2) is 42.6 Å². The van der Waals surface area contributed by atoms with Crippen molar-refractivity contribution in [3.05, 3.63) is 64.8 Å². The Morgan fingerprint density at radius 3 is 2.46 bits per heavy atom. The van der Waals surface area contributed by atoms with Crippen LogP contribution in [-0.2, 0) is 37.4 Å². The second-order valence-electron chi connectivity index (χ2n) is 13.2. The van der Waals surface area contributed by atoms with Gasteiger partial charge in [0.2, 0.25) is 11.9 Å². The van der Waals surface area contributed by atoms with Crippen molar-refractivity contribution in [3.8, 4) is 11.3 Å². The fraction of sp³-hybridized carbons (Fsp3) is 0.486. The molecule has 10 nitrogen and oxygen atoms in total. The number of nitrogens with two attached hydrogens (primary N) is 1. The molecule has 3 heterocycles. The number of aromatic nitrogens is 4. The molecule has 0 bridgehead atoms. The van der Waals surface area contributed by atoms with Gasteiger partial charge in [-0.3, -0.25) is 14.4 Å². The van der Waals surface area contributed by atoms with Gasteiger partial charge in [0.05, 0.1) is 23.2 Å². The molecule has 0 unspecified atom stereocenters. The molecule has 2 aliphatic rings. The first kappa shape index (κ1) is 33.8. The van der Waals surface area contributed by atoms with Crippen LogP contribution in [0.25, 0.3) is 22.2 Å². The maximum Gasteiger partial charge on any atom is 0.416 e. The maximum absolute atomic E-state index is 14.1. The Morgan fingerprint density at radius 1 is 1.00 bits per heavy atom. The molecule has 0 radical (unpaired) electrons. The number of nitrogens with zero attached hydrogens (tertiary/aromatic N) is 6. The molecule has 4 N–H and O–H groups in total. The van der Waals surface area contributed by atoms with Gasteiger partial charge in [-0.1, -0.05) is 19.1 Å². The van der Waals surface area contributed by atoms with Gasteiger partial charge in [0, 0.05) is 75.1 Å². The summed E-state index contributed by atoms with van der Waals surface area (Å²) in [5.74, 6) is 0.491. The zero-order valence-electron chi connectivity index (χ0n) is 27.8. The number of fused-ring (bicyclic) bond motifs is 1. The first-order valence-electron chi connectivity index (χ1n) is 16.7. The SMILES string of the molecule is CCc1cc(-c2cc(NC(=O)Cc3ccc(CN4CCN(C)CC4)c(C(F)(F)F)c3)nn2C)cc2cnc(N[C@H]3CC[C@H](N)CC3)nc12. The molecule has 0 atom stereocenters. The lowest BCUT2D eigenvalue weighted by Crippen LogP contribution is -2.44. The van der Waals surface area contributed by atoms with E-state index in [4.69, 9.17) is 10.7 Å². The number of piperazine rings is 1. The number of rotatable bonds is 9. The molecular formula is C35H44F3N9O. The van der Waals surface area contributed by atoms with Crippen LogP contribution in [0.1, 0.15) is 54.9 Å². The third kappa shape index (κ3) is 7.96. The normalized spacial score (nSPS) is 19.5. The average molecular weight is 664 g/mol.